The number of hydrogen-bond acceptors (Lipinski definition) is 3. The molecule has 0 aromatic rings. The molecular weight excluding hydrogens is 312 g/mol. The van der Waals surface area contributed by atoms with Gasteiger partial charge in [-0.05, 0) is 64.2 Å². The second-order valence-electron chi connectivity index (χ2n) is 9.66. The lowest BCUT2D eigenvalue weighted by Gasteiger charge is -2.36. The Balaban J connectivity index is 2.57. The van der Waals surface area contributed by atoms with Crippen LogP contribution >= 0.6 is 0 Å². The van der Waals surface area contributed by atoms with E-state index >= 15 is 0 Å². The van der Waals surface area contributed by atoms with Crippen LogP contribution < -0.4 is 10.6 Å². The van der Waals surface area contributed by atoms with E-state index in [-0.39, 0.29) is 6.09 Å². The highest BCUT2D eigenvalue weighted by Gasteiger charge is 2.28. The summed E-state index contributed by atoms with van der Waals surface area (Å²) in [7, 11) is 0. The molecular formula is C21H42N2O2. The van der Waals surface area contributed by atoms with Crippen molar-refractivity contribution >= 4 is 6.09 Å². The quantitative estimate of drug-likeness (QED) is 0.636. The maximum Gasteiger partial charge on any atom is 0.407 e. The molecule has 1 saturated carbocycles. The van der Waals surface area contributed by atoms with Gasteiger partial charge in [0.2, 0.25) is 0 Å². The van der Waals surface area contributed by atoms with E-state index in [0.29, 0.717) is 36.4 Å². The van der Waals surface area contributed by atoms with Crippen molar-refractivity contribution in [1.29, 1.82) is 0 Å². The van der Waals surface area contributed by atoms with E-state index in [1.807, 2.05) is 20.8 Å². The summed E-state index contributed by atoms with van der Waals surface area (Å²) < 4.78 is 5.38. The molecule has 2 atom stereocenters. The monoisotopic (exact) mass is 354 g/mol. The number of carbonyl (C=O) groups excluding carboxylic acids is 1. The highest BCUT2D eigenvalue weighted by Crippen LogP contribution is 2.26. The fourth-order valence-electron chi connectivity index (χ4n) is 3.87. The van der Waals surface area contributed by atoms with Crippen LogP contribution in [0, 0.1) is 17.8 Å². The van der Waals surface area contributed by atoms with Crippen molar-refractivity contribution in [3.8, 4) is 0 Å². The van der Waals surface area contributed by atoms with Crippen molar-refractivity contribution < 1.29 is 9.53 Å². The van der Waals surface area contributed by atoms with Gasteiger partial charge in [-0.25, -0.2) is 4.79 Å². The Morgan fingerprint density at radius 2 is 1.60 bits per heavy atom. The average molecular weight is 355 g/mol. The van der Waals surface area contributed by atoms with E-state index in [1.54, 1.807) is 0 Å². The van der Waals surface area contributed by atoms with Gasteiger partial charge in [0, 0.05) is 18.6 Å². The summed E-state index contributed by atoms with van der Waals surface area (Å²) in [5.74, 6) is 1.92. The predicted octanol–water partition coefficient (Wildman–Crippen LogP) is 5.12. The number of hydrogen-bond donors (Lipinski definition) is 2. The van der Waals surface area contributed by atoms with Crippen LogP contribution in [0.3, 0.4) is 0 Å². The summed E-state index contributed by atoms with van der Waals surface area (Å²) in [6.07, 6.45) is 7.10. The van der Waals surface area contributed by atoms with E-state index in [0.717, 1.165) is 0 Å². The molecule has 0 spiro atoms. The van der Waals surface area contributed by atoms with Crippen molar-refractivity contribution in [2.75, 3.05) is 6.54 Å². The van der Waals surface area contributed by atoms with Crippen LogP contribution in [-0.2, 0) is 4.74 Å². The van der Waals surface area contributed by atoms with Gasteiger partial charge in [-0.3, -0.25) is 0 Å². The predicted molar refractivity (Wildman–Crippen MR) is 106 cm³/mol. The molecule has 1 aliphatic carbocycles. The van der Waals surface area contributed by atoms with Crippen molar-refractivity contribution in [3.05, 3.63) is 0 Å². The standard InChI is InChI=1S/C21H42N2O2/c1-15(2)12-18(13-16(3)4)23-19-11-9-8-10-17(19)14-22-20(24)25-21(5,6)7/h15-19,23H,8-14H2,1-7H3,(H,22,24). The molecule has 0 saturated heterocycles. The van der Waals surface area contributed by atoms with Gasteiger partial charge in [0.1, 0.15) is 5.60 Å². The number of carbonyl (C=O) groups is 1. The molecule has 0 bridgehead atoms. The van der Waals surface area contributed by atoms with Crippen LogP contribution in [0.15, 0.2) is 0 Å². The third-order valence-corrected chi connectivity index (χ3v) is 4.78. The van der Waals surface area contributed by atoms with Crippen molar-refractivity contribution in [1.82, 2.24) is 10.6 Å². The summed E-state index contributed by atoms with van der Waals surface area (Å²) in [6.45, 7) is 15.6. The Kier molecular flexibility index (Phi) is 9.26. The van der Waals surface area contributed by atoms with Crippen molar-refractivity contribution in [3.63, 3.8) is 0 Å². The third-order valence-electron chi connectivity index (χ3n) is 4.78. The molecule has 0 heterocycles. The zero-order valence-corrected chi connectivity index (χ0v) is 17.7. The van der Waals surface area contributed by atoms with Gasteiger partial charge in [-0.1, -0.05) is 40.5 Å². The summed E-state index contributed by atoms with van der Waals surface area (Å²) in [6, 6.07) is 1.08. The molecule has 0 radical (unpaired) electrons. The Labute approximate surface area is 155 Å². The maximum absolute atomic E-state index is 12.0. The third kappa shape index (κ3) is 10.1. The Hall–Kier alpha value is -0.770. The number of amides is 1. The van der Waals surface area contributed by atoms with E-state index in [9.17, 15) is 4.79 Å². The minimum absolute atomic E-state index is 0.294. The summed E-state index contributed by atoms with van der Waals surface area (Å²) in [5.41, 5.74) is -0.437. The van der Waals surface area contributed by atoms with Crippen LogP contribution in [0.25, 0.3) is 0 Å². The van der Waals surface area contributed by atoms with Gasteiger partial charge in [-0.2, -0.15) is 0 Å². The van der Waals surface area contributed by atoms with Gasteiger partial charge in [0.25, 0.3) is 0 Å². The molecule has 2 N–H and O–H groups in total. The first-order chi connectivity index (χ1) is 11.6. The molecule has 0 aromatic heterocycles. The van der Waals surface area contributed by atoms with E-state index < -0.39 is 5.60 Å². The first-order valence-corrected chi connectivity index (χ1v) is 10.3. The second kappa shape index (κ2) is 10.4. The Bertz CT molecular complexity index is 378. The lowest BCUT2D eigenvalue weighted by Crippen LogP contribution is -2.49. The smallest absolute Gasteiger partial charge is 0.407 e. The molecule has 0 aromatic carbocycles. The molecule has 4 heteroatoms. The summed E-state index contributed by atoms with van der Waals surface area (Å²) in [4.78, 5) is 12.0. The lowest BCUT2D eigenvalue weighted by atomic mass is 9.83. The molecule has 0 aliphatic heterocycles. The average Bonchev–Trinajstić information content (AvgIpc) is 2.43. The van der Waals surface area contributed by atoms with Crippen LogP contribution in [-0.4, -0.2) is 30.3 Å². The molecule has 4 nitrogen and oxygen atoms in total. The molecule has 1 aliphatic rings. The zero-order chi connectivity index (χ0) is 19.0. The van der Waals surface area contributed by atoms with E-state index in [2.05, 4.69) is 38.3 Å². The number of alkyl carbamates (subject to hydrolysis) is 1. The topological polar surface area (TPSA) is 50.4 Å². The van der Waals surface area contributed by atoms with Gasteiger partial charge < -0.3 is 15.4 Å². The first kappa shape index (κ1) is 22.3. The fraction of sp³-hybridized carbons (Fsp3) is 0.952. The van der Waals surface area contributed by atoms with Gasteiger partial charge in [0.05, 0.1) is 0 Å². The SMILES string of the molecule is CC(C)CC(CC(C)C)NC1CCCCC1CNC(=O)OC(C)(C)C. The minimum Gasteiger partial charge on any atom is -0.444 e. The van der Waals surface area contributed by atoms with Crippen LogP contribution in [0.1, 0.15) is 87.0 Å². The molecule has 1 amide bonds. The summed E-state index contributed by atoms with van der Waals surface area (Å²) in [5, 5.41) is 6.94. The number of ether oxygens (including phenoxy) is 1. The van der Waals surface area contributed by atoms with E-state index in [4.69, 9.17) is 4.74 Å². The normalized spacial score (nSPS) is 21.8. The molecule has 2 unspecified atom stereocenters. The Morgan fingerprint density at radius 3 is 2.12 bits per heavy atom. The number of rotatable bonds is 8. The van der Waals surface area contributed by atoms with Gasteiger partial charge >= 0.3 is 6.09 Å². The summed E-state index contributed by atoms with van der Waals surface area (Å²) >= 11 is 0. The second-order valence-corrected chi connectivity index (χ2v) is 9.66. The minimum atomic E-state index is -0.437. The van der Waals surface area contributed by atoms with E-state index in [1.165, 1.54) is 38.5 Å². The maximum atomic E-state index is 12.0. The highest BCUT2D eigenvalue weighted by molar-refractivity contribution is 5.67. The molecule has 148 valence electrons. The van der Waals surface area contributed by atoms with Crippen molar-refractivity contribution in [2.24, 2.45) is 17.8 Å². The van der Waals surface area contributed by atoms with Gasteiger partial charge in [-0.15, -0.1) is 0 Å². The van der Waals surface area contributed by atoms with Crippen LogP contribution in [0.5, 0.6) is 0 Å². The molecule has 25 heavy (non-hydrogen) atoms. The molecule has 1 fully saturated rings. The highest BCUT2D eigenvalue weighted by atomic mass is 16.6. The largest absolute Gasteiger partial charge is 0.444 e. The lowest BCUT2D eigenvalue weighted by molar-refractivity contribution is 0.0509. The zero-order valence-electron chi connectivity index (χ0n) is 17.7. The van der Waals surface area contributed by atoms with Crippen LogP contribution in [0.4, 0.5) is 4.79 Å². The Morgan fingerprint density at radius 1 is 1.04 bits per heavy atom. The fourth-order valence-corrected chi connectivity index (χ4v) is 3.87. The van der Waals surface area contributed by atoms with Gasteiger partial charge in [0.15, 0.2) is 0 Å². The van der Waals surface area contributed by atoms with Crippen molar-refractivity contribution in [2.45, 2.75) is 105 Å². The molecule has 1 rings (SSSR count). The van der Waals surface area contributed by atoms with Crippen LogP contribution in [0.2, 0.25) is 0 Å². The number of nitrogens with one attached hydrogen (secondary N) is 2. The first-order valence-electron chi connectivity index (χ1n) is 10.3.